The zero-order valence-corrected chi connectivity index (χ0v) is 12.7. The Bertz CT molecular complexity index is 773. The normalized spacial score (nSPS) is 12.8. The molecular formula is C17H16N2O4. The highest BCUT2D eigenvalue weighted by atomic mass is 16.6. The molecule has 0 bridgehead atoms. The molecule has 1 heterocycles. The number of anilines is 1. The topological polar surface area (TPSA) is 72.7 Å². The Hall–Kier alpha value is -2.89. The summed E-state index contributed by atoms with van der Waals surface area (Å²) in [5.74, 6) is 0.536. The predicted molar refractivity (Wildman–Crippen MR) is 85.9 cm³/mol. The van der Waals surface area contributed by atoms with Gasteiger partial charge < -0.3 is 9.64 Å². The molecule has 1 amide bonds. The third-order valence-electron chi connectivity index (χ3n) is 3.96. The average Bonchev–Trinajstić information content (AvgIpc) is 2.99. The van der Waals surface area contributed by atoms with Gasteiger partial charge in [-0.1, -0.05) is 24.3 Å². The Balaban J connectivity index is 1.87. The van der Waals surface area contributed by atoms with Gasteiger partial charge in [-0.15, -0.1) is 0 Å². The number of fused-ring (bicyclic) bond motifs is 1. The minimum atomic E-state index is -0.435. The number of nitrogens with zero attached hydrogens (tertiary/aromatic N) is 2. The summed E-state index contributed by atoms with van der Waals surface area (Å²) < 4.78 is 5.15. The van der Waals surface area contributed by atoms with Crippen molar-refractivity contribution < 1.29 is 14.5 Å². The van der Waals surface area contributed by atoms with Crippen molar-refractivity contribution in [3.05, 3.63) is 63.7 Å². The number of para-hydroxylation sites is 1. The number of methoxy groups -OCH3 is 1. The number of ether oxygens (including phenoxy) is 1. The van der Waals surface area contributed by atoms with Gasteiger partial charge in [0.15, 0.2) is 0 Å². The summed E-state index contributed by atoms with van der Waals surface area (Å²) in [5, 5.41) is 11.2. The van der Waals surface area contributed by atoms with Gasteiger partial charge in [-0.2, -0.15) is 0 Å². The number of nitro groups is 1. The van der Waals surface area contributed by atoms with E-state index >= 15 is 0 Å². The van der Waals surface area contributed by atoms with Crippen LogP contribution in [0.25, 0.3) is 0 Å². The maximum absolute atomic E-state index is 12.6. The molecule has 2 aromatic rings. The summed E-state index contributed by atoms with van der Waals surface area (Å²) in [6.45, 7) is 0.475. The standard InChI is InChI=1S/C17H16N2O4/c1-23-14-6-2-4-12(10-14)11-16(20)18-9-8-13-5-3-7-15(17(13)18)19(21)22/h2-7,10H,8-9,11H2,1H3. The summed E-state index contributed by atoms with van der Waals surface area (Å²) in [5.41, 5.74) is 2.09. The van der Waals surface area contributed by atoms with E-state index in [4.69, 9.17) is 4.74 Å². The van der Waals surface area contributed by atoms with Crippen molar-refractivity contribution in [3.8, 4) is 5.75 Å². The zero-order chi connectivity index (χ0) is 16.4. The van der Waals surface area contributed by atoms with Crippen molar-refractivity contribution >= 4 is 17.3 Å². The molecule has 0 spiro atoms. The van der Waals surface area contributed by atoms with Crippen LogP contribution in [0.5, 0.6) is 5.75 Å². The molecule has 0 atom stereocenters. The van der Waals surface area contributed by atoms with Crippen LogP contribution >= 0.6 is 0 Å². The first-order valence-corrected chi connectivity index (χ1v) is 7.29. The van der Waals surface area contributed by atoms with E-state index in [1.165, 1.54) is 11.0 Å². The molecule has 0 unspecified atom stereocenters. The highest BCUT2D eigenvalue weighted by molar-refractivity contribution is 5.99. The second-order valence-electron chi connectivity index (χ2n) is 5.37. The lowest BCUT2D eigenvalue weighted by molar-refractivity contribution is -0.384. The SMILES string of the molecule is COc1cccc(CC(=O)N2CCc3cccc([N+](=O)[O-])c32)c1. The van der Waals surface area contributed by atoms with Gasteiger partial charge in [-0.05, 0) is 29.7 Å². The van der Waals surface area contributed by atoms with Crippen molar-refractivity contribution in [2.75, 3.05) is 18.6 Å². The fraction of sp³-hybridized carbons (Fsp3) is 0.235. The summed E-state index contributed by atoms with van der Waals surface area (Å²) in [6, 6.07) is 12.2. The molecule has 1 aliphatic rings. The van der Waals surface area contributed by atoms with E-state index < -0.39 is 4.92 Å². The molecule has 3 rings (SSSR count). The van der Waals surface area contributed by atoms with Gasteiger partial charge >= 0.3 is 0 Å². The smallest absolute Gasteiger partial charge is 0.293 e. The molecule has 0 saturated carbocycles. The number of benzene rings is 2. The lowest BCUT2D eigenvalue weighted by atomic mass is 10.1. The molecule has 0 aromatic heterocycles. The Morgan fingerprint density at radius 1 is 1.30 bits per heavy atom. The van der Waals surface area contributed by atoms with Crippen molar-refractivity contribution in [1.29, 1.82) is 0 Å². The zero-order valence-electron chi connectivity index (χ0n) is 12.7. The van der Waals surface area contributed by atoms with Gasteiger partial charge in [0.05, 0.1) is 18.5 Å². The van der Waals surface area contributed by atoms with Gasteiger partial charge in [-0.25, -0.2) is 0 Å². The van der Waals surface area contributed by atoms with E-state index in [2.05, 4.69) is 0 Å². The van der Waals surface area contributed by atoms with Crippen LogP contribution in [-0.2, 0) is 17.6 Å². The van der Waals surface area contributed by atoms with Gasteiger partial charge in [0.2, 0.25) is 5.91 Å². The fourth-order valence-electron chi connectivity index (χ4n) is 2.88. The van der Waals surface area contributed by atoms with Crippen LogP contribution in [0.15, 0.2) is 42.5 Å². The maximum Gasteiger partial charge on any atom is 0.293 e. The van der Waals surface area contributed by atoms with Crippen molar-refractivity contribution in [3.63, 3.8) is 0 Å². The van der Waals surface area contributed by atoms with E-state index in [1.807, 2.05) is 24.3 Å². The van der Waals surface area contributed by atoms with E-state index in [1.54, 1.807) is 19.2 Å². The number of carbonyl (C=O) groups is 1. The van der Waals surface area contributed by atoms with Gasteiger partial charge in [-0.3, -0.25) is 14.9 Å². The molecule has 118 valence electrons. The molecule has 0 fully saturated rings. The third-order valence-corrected chi connectivity index (χ3v) is 3.96. The summed E-state index contributed by atoms with van der Waals surface area (Å²) >= 11 is 0. The van der Waals surface area contributed by atoms with E-state index in [0.717, 1.165) is 11.1 Å². The molecule has 0 saturated heterocycles. The van der Waals surface area contributed by atoms with Crippen LogP contribution < -0.4 is 9.64 Å². The molecule has 6 heteroatoms. The molecule has 23 heavy (non-hydrogen) atoms. The average molecular weight is 312 g/mol. The Morgan fingerprint density at radius 2 is 2.09 bits per heavy atom. The summed E-state index contributed by atoms with van der Waals surface area (Å²) in [4.78, 5) is 24.9. The van der Waals surface area contributed by atoms with Crippen molar-refractivity contribution in [1.82, 2.24) is 0 Å². The van der Waals surface area contributed by atoms with Gasteiger partial charge in [0.1, 0.15) is 11.4 Å². The number of hydrogen-bond donors (Lipinski definition) is 0. The lowest BCUT2D eigenvalue weighted by Gasteiger charge is -2.17. The quantitative estimate of drug-likeness (QED) is 0.643. The molecule has 0 N–H and O–H groups in total. The lowest BCUT2D eigenvalue weighted by Crippen LogP contribution is -2.30. The number of amides is 1. The van der Waals surface area contributed by atoms with Crippen LogP contribution in [0.4, 0.5) is 11.4 Å². The second kappa shape index (κ2) is 6.08. The highest BCUT2D eigenvalue weighted by Gasteiger charge is 2.31. The Morgan fingerprint density at radius 3 is 2.83 bits per heavy atom. The fourth-order valence-corrected chi connectivity index (χ4v) is 2.88. The third kappa shape index (κ3) is 2.88. The number of carbonyl (C=O) groups excluding carboxylic acids is 1. The van der Waals surface area contributed by atoms with Crippen LogP contribution in [0, 0.1) is 10.1 Å². The van der Waals surface area contributed by atoms with E-state index in [-0.39, 0.29) is 18.0 Å². The minimum Gasteiger partial charge on any atom is -0.497 e. The first kappa shape index (κ1) is 15.0. The predicted octanol–water partition coefficient (Wildman–Crippen LogP) is 2.74. The maximum atomic E-state index is 12.6. The first-order chi connectivity index (χ1) is 11.1. The summed E-state index contributed by atoms with van der Waals surface area (Å²) in [7, 11) is 1.57. The van der Waals surface area contributed by atoms with Crippen LogP contribution in [0.1, 0.15) is 11.1 Å². The number of hydrogen-bond acceptors (Lipinski definition) is 4. The van der Waals surface area contributed by atoms with Crippen molar-refractivity contribution in [2.45, 2.75) is 12.8 Å². The van der Waals surface area contributed by atoms with Crippen LogP contribution in [0.3, 0.4) is 0 Å². The minimum absolute atomic E-state index is 0.0148. The highest BCUT2D eigenvalue weighted by Crippen LogP contribution is 2.37. The molecule has 0 radical (unpaired) electrons. The first-order valence-electron chi connectivity index (χ1n) is 7.29. The Labute approximate surface area is 133 Å². The molecule has 2 aromatic carbocycles. The largest absolute Gasteiger partial charge is 0.497 e. The Kier molecular flexibility index (Phi) is 3.97. The second-order valence-corrected chi connectivity index (χ2v) is 5.37. The number of nitro benzene ring substituents is 1. The van der Waals surface area contributed by atoms with E-state index in [0.29, 0.717) is 24.4 Å². The molecule has 0 aliphatic carbocycles. The van der Waals surface area contributed by atoms with Crippen LogP contribution in [0.2, 0.25) is 0 Å². The van der Waals surface area contributed by atoms with Gasteiger partial charge in [0, 0.05) is 12.6 Å². The molecule has 6 nitrogen and oxygen atoms in total. The monoisotopic (exact) mass is 312 g/mol. The van der Waals surface area contributed by atoms with Crippen molar-refractivity contribution in [2.24, 2.45) is 0 Å². The number of rotatable bonds is 4. The summed E-state index contributed by atoms with van der Waals surface area (Å²) in [6.07, 6.45) is 0.823. The van der Waals surface area contributed by atoms with Gasteiger partial charge in [0.25, 0.3) is 5.69 Å². The van der Waals surface area contributed by atoms with Crippen LogP contribution in [-0.4, -0.2) is 24.5 Å². The molecule has 1 aliphatic heterocycles. The van der Waals surface area contributed by atoms with E-state index in [9.17, 15) is 14.9 Å². The molecular weight excluding hydrogens is 296 g/mol.